The van der Waals surface area contributed by atoms with Crippen LogP contribution in [0.2, 0.25) is 0 Å². The molecule has 4 aromatic rings. The third-order valence-corrected chi connectivity index (χ3v) is 6.58. The number of morpholine rings is 1. The van der Waals surface area contributed by atoms with E-state index in [1.807, 2.05) is 48.5 Å². The molecule has 1 aromatic heterocycles. The lowest BCUT2D eigenvalue weighted by Gasteiger charge is -2.25. The van der Waals surface area contributed by atoms with E-state index in [1.165, 1.54) is 0 Å². The van der Waals surface area contributed by atoms with Gasteiger partial charge in [0.25, 0.3) is 0 Å². The van der Waals surface area contributed by atoms with Crippen LogP contribution in [0.25, 0.3) is 22.4 Å². The zero-order chi connectivity index (χ0) is 24.3. The van der Waals surface area contributed by atoms with Crippen LogP contribution < -0.4 is 14.2 Å². The first-order valence-electron chi connectivity index (χ1n) is 12.2. The zero-order valence-corrected chi connectivity index (χ0v) is 20.2. The van der Waals surface area contributed by atoms with Gasteiger partial charge >= 0.3 is 0 Å². The Morgan fingerprint density at radius 2 is 1.72 bits per heavy atom. The van der Waals surface area contributed by atoms with Crippen molar-refractivity contribution in [3.8, 4) is 39.6 Å². The molecule has 0 spiro atoms. The van der Waals surface area contributed by atoms with Crippen LogP contribution in [0.5, 0.6) is 17.2 Å². The van der Waals surface area contributed by atoms with E-state index in [2.05, 4.69) is 30.0 Å². The molecule has 3 heterocycles. The van der Waals surface area contributed by atoms with Crippen molar-refractivity contribution in [2.75, 3.05) is 33.1 Å². The fourth-order valence-corrected chi connectivity index (χ4v) is 4.64. The lowest BCUT2D eigenvalue weighted by molar-refractivity contribution is 0.0311. The van der Waals surface area contributed by atoms with Crippen molar-refractivity contribution in [1.29, 1.82) is 0 Å². The highest BCUT2D eigenvalue weighted by molar-refractivity contribution is 5.72. The normalized spacial score (nSPS) is 15.2. The number of hydrogen-bond donors (Lipinski definition) is 0. The Morgan fingerprint density at radius 1 is 0.889 bits per heavy atom. The zero-order valence-electron chi connectivity index (χ0n) is 20.2. The minimum absolute atomic E-state index is 0.244. The Hall–Kier alpha value is -3.81. The molecule has 2 aliphatic heterocycles. The first kappa shape index (κ1) is 22.6. The van der Waals surface area contributed by atoms with Gasteiger partial charge in [-0.05, 0) is 41.8 Å². The summed E-state index contributed by atoms with van der Waals surface area (Å²) in [5.74, 6) is 3.74. The molecule has 0 bridgehead atoms. The molecule has 1 saturated heterocycles. The number of aromatic nitrogens is 1. The Morgan fingerprint density at radius 3 is 2.58 bits per heavy atom. The van der Waals surface area contributed by atoms with Crippen LogP contribution >= 0.6 is 0 Å². The molecule has 0 N–H and O–H groups in total. The van der Waals surface area contributed by atoms with Gasteiger partial charge in [0.15, 0.2) is 18.1 Å². The van der Waals surface area contributed by atoms with Crippen LogP contribution in [0.4, 0.5) is 0 Å². The molecule has 184 valence electrons. The van der Waals surface area contributed by atoms with Gasteiger partial charge in [0.05, 0.1) is 19.8 Å². The van der Waals surface area contributed by atoms with Gasteiger partial charge in [-0.2, -0.15) is 0 Å². The Labute approximate surface area is 210 Å². The Kier molecular flexibility index (Phi) is 6.32. The molecular formula is C29H28N2O5. The fraction of sp³-hybridized carbons (Fsp3) is 0.276. The summed E-state index contributed by atoms with van der Waals surface area (Å²) in [4.78, 5) is 7.16. The molecular weight excluding hydrogens is 456 g/mol. The molecule has 36 heavy (non-hydrogen) atoms. The van der Waals surface area contributed by atoms with Crippen LogP contribution in [0.1, 0.15) is 17.2 Å². The molecule has 0 amide bonds. The molecule has 7 nitrogen and oxygen atoms in total. The van der Waals surface area contributed by atoms with E-state index in [1.54, 1.807) is 0 Å². The second-order valence-corrected chi connectivity index (χ2v) is 8.92. The lowest BCUT2D eigenvalue weighted by atomic mass is 9.99. The first-order valence-corrected chi connectivity index (χ1v) is 12.2. The largest absolute Gasteiger partial charge is 0.484 e. The van der Waals surface area contributed by atoms with Gasteiger partial charge in [-0.25, -0.2) is 4.98 Å². The predicted molar refractivity (Wildman–Crippen MR) is 135 cm³/mol. The number of nitrogens with zero attached hydrogens (tertiary/aromatic N) is 2. The first-order chi connectivity index (χ1) is 17.7. The number of hydrogen-bond acceptors (Lipinski definition) is 7. The molecule has 0 aliphatic carbocycles. The standard InChI is InChI=1S/C29H28N2O5/c1-20-23(22-10-11-25-26(16-22)35-19-34-25)8-5-9-24(20)33-18-28-30-29(21-6-3-2-4-7-21)27(36-28)17-31-12-14-32-15-13-31/h2-11,16H,12-15,17-19H2,1H3. The van der Waals surface area contributed by atoms with Crippen LogP contribution in [0, 0.1) is 6.92 Å². The number of benzene rings is 3. The van der Waals surface area contributed by atoms with E-state index < -0.39 is 0 Å². The molecule has 0 atom stereocenters. The average Bonchev–Trinajstić information content (AvgIpc) is 3.56. The second-order valence-electron chi connectivity index (χ2n) is 8.92. The monoisotopic (exact) mass is 484 g/mol. The summed E-state index contributed by atoms with van der Waals surface area (Å²) in [6, 6.07) is 22.2. The summed E-state index contributed by atoms with van der Waals surface area (Å²) in [6.07, 6.45) is 0. The van der Waals surface area contributed by atoms with Gasteiger partial charge in [-0.1, -0.05) is 48.5 Å². The summed E-state index contributed by atoms with van der Waals surface area (Å²) >= 11 is 0. The van der Waals surface area contributed by atoms with E-state index in [0.717, 1.165) is 77.3 Å². The minimum Gasteiger partial charge on any atom is -0.484 e. The molecule has 0 saturated carbocycles. The van der Waals surface area contributed by atoms with Crippen molar-refractivity contribution in [1.82, 2.24) is 9.88 Å². The quantitative estimate of drug-likeness (QED) is 0.345. The summed E-state index contributed by atoms with van der Waals surface area (Å²) in [6.45, 7) is 6.50. The smallest absolute Gasteiger partial charge is 0.233 e. The summed E-state index contributed by atoms with van der Waals surface area (Å²) in [7, 11) is 0. The maximum Gasteiger partial charge on any atom is 0.233 e. The van der Waals surface area contributed by atoms with Gasteiger partial charge in [0.2, 0.25) is 12.7 Å². The Balaban J connectivity index is 1.23. The highest BCUT2D eigenvalue weighted by atomic mass is 16.7. The highest BCUT2D eigenvalue weighted by Gasteiger charge is 2.21. The van der Waals surface area contributed by atoms with Gasteiger partial charge in [-0.3, -0.25) is 4.90 Å². The minimum atomic E-state index is 0.244. The summed E-state index contributed by atoms with van der Waals surface area (Å²) in [5.41, 5.74) is 5.08. The topological polar surface area (TPSA) is 66.2 Å². The predicted octanol–water partition coefficient (Wildman–Crippen LogP) is 5.46. The van der Waals surface area contributed by atoms with Gasteiger partial charge in [0, 0.05) is 18.7 Å². The van der Waals surface area contributed by atoms with Crippen LogP contribution in [0.15, 0.2) is 71.1 Å². The molecule has 3 aromatic carbocycles. The molecule has 6 rings (SSSR count). The average molecular weight is 485 g/mol. The van der Waals surface area contributed by atoms with Crippen LogP contribution in [-0.4, -0.2) is 43.0 Å². The van der Waals surface area contributed by atoms with Crippen molar-refractivity contribution in [2.24, 2.45) is 0 Å². The maximum absolute atomic E-state index is 6.25. The third-order valence-electron chi connectivity index (χ3n) is 6.58. The number of oxazole rings is 1. The maximum atomic E-state index is 6.25. The van der Waals surface area contributed by atoms with Gasteiger partial charge < -0.3 is 23.4 Å². The van der Waals surface area contributed by atoms with Gasteiger partial charge in [-0.15, -0.1) is 0 Å². The fourth-order valence-electron chi connectivity index (χ4n) is 4.64. The molecule has 7 heteroatoms. The van der Waals surface area contributed by atoms with E-state index in [0.29, 0.717) is 12.4 Å². The highest BCUT2D eigenvalue weighted by Crippen LogP contribution is 2.38. The second kappa shape index (κ2) is 10.0. The number of ether oxygens (including phenoxy) is 4. The molecule has 0 radical (unpaired) electrons. The van der Waals surface area contributed by atoms with E-state index in [4.69, 9.17) is 28.3 Å². The third kappa shape index (κ3) is 4.67. The summed E-state index contributed by atoms with van der Waals surface area (Å²) in [5, 5.41) is 0. The van der Waals surface area contributed by atoms with Crippen molar-refractivity contribution >= 4 is 0 Å². The molecule has 2 aliphatic rings. The number of rotatable bonds is 7. The van der Waals surface area contributed by atoms with Gasteiger partial charge in [0.1, 0.15) is 17.2 Å². The SMILES string of the molecule is Cc1c(OCc2nc(-c3ccccc3)c(CN3CCOCC3)o2)cccc1-c1ccc2c(c1)OCO2. The van der Waals surface area contributed by atoms with E-state index in [9.17, 15) is 0 Å². The van der Waals surface area contributed by atoms with Crippen LogP contribution in [-0.2, 0) is 17.9 Å². The van der Waals surface area contributed by atoms with Crippen molar-refractivity contribution in [3.63, 3.8) is 0 Å². The van der Waals surface area contributed by atoms with E-state index in [-0.39, 0.29) is 13.4 Å². The number of fused-ring (bicyclic) bond motifs is 1. The Bertz CT molecular complexity index is 1350. The van der Waals surface area contributed by atoms with Crippen LogP contribution in [0.3, 0.4) is 0 Å². The lowest BCUT2D eigenvalue weighted by Crippen LogP contribution is -2.35. The summed E-state index contributed by atoms with van der Waals surface area (Å²) < 4.78 is 29.0. The molecule has 1 fully saturated rings. The van der Waals surface area contributed by atoms with Crippen molar-refractivity contribution < 1.29 is 23.4 Å². The van der Waals surface area contributed by atoms with E-state index >= 15 is 0 Å². The molecule has 0 unspecified atom stereocenters. The van der Waals surface area contributed by atoms with Crippen molar-refractivity contribution in [2.45, 2.75) is 20.1 Å². The van der Waals surface area contributed by atoms with Crippen molar-refractivity contribution in [3.05, 3.63) is 83.9 Å².